The van der Waals surface area contributed by atoms with Crippen LogP contribution in [0, 0.1) is 12.3 Å². The monoisotopic (exact) mass is 556 g/mol. The molecular weight excluding hydrogens is 508 g/mol. The third-order valence-electron chi connectivity index (χ3n) is 5.88. The molecule has 2 atom stereocenters. The number of carbonyl (C=O) groups excluding carboxylic acids is 4. The molecule has 9 heteroatoms. The van der Waals surface area contributed by atoms with Crippen molar-refractivity contribution in [3.8, 4) is 12.3 Å². The topological polar surface area (TPSA) is 131 Å². The van der Waals surface area contributed by atoms with Crippen molar-refractivity contribution in [2.24, 2.45) is 5.73 Å². The maximum Gasteiger partial charge on any atom is 0.408 e. The zero-order valence-corrected chi connectivity index (χ0v) is 25.3. The van der Waals surface area contributed by atoms with E-state index in [4.69, 9.17) is 16.9 Å². The first kappa shape index (κ1) is 34.5. The van der Waals surface area contributed by atoms with Gasteiger partial charge in [0, 0.05) is 17.6 Å². The first-order chi connectivity index (χ1) is 18.6. The lowest BCUT2D eigenvalue weighted by Crippen LogP contribution is -2.55. The number of nitrogens with one attached hydrogen (secondary N) is 2. The Morgan fingerprint density at radius 2 is 1.55 bits per heavy atom. The number of nitrogens with zero attached hydrogens (tertiary/aromatic N) is 1. The number of ether oxygens (including phenoxy) is 1. The van der Waals surface area contributed by atoms with E-state index in [9.17, 15) is 19.2 Å². The van der Waals surface area contributed by atoms with Crippen molar-refractivity contribution in [2.75, 3.05) is 6.54 Å². The first-order valence-electron chi connectivity index (χ1n) is 14.0. The molecule has 1 aromatic rings. The molecule has 1 rings (SSSR count). The average molecular weight is 557 g/mol. The Kier molecular flexibility index (Phi) is 13.7. The summed E-state index contributed by atoms with van der Waals surface area (Å²) in [5.74, 6) is 0.786. The van der Waals surface area contributed by atoms with Gasteiger partial charge in [0.25, 0.3) is 0 Å². The van der Waals surface area contributed by atoms with Gasteiger partial charge in [-0.3, -0.25) is 14.4 Å². The second kappa shape index (κ2) is 15.9. The van der Waals surface area contributed by atoms with Crippen LogP contribution < -0.4 is 16.4 Å². The van der Waals surface area contributed by atoms with Crippen molar-refractivity contribution in [1.82, 2.24) is 15.5 Å². The number of primary amides is 1. The number of terminal acetylenes is 1. The zero-order chi connectivity index (χ0) is 30.5. The van der Waals surface area contributed by atoms with Crippen molar-refractivity contribution in [1.29, 1.82) is 0 Å². The fourth-order valence-electron chi connectivity index (χ4n) is 4.15. The molecule has 0 aliphatic rings. The van der Waals surface area contributed by atoms with Gasteiger partial charge >= 0.3 is 6.09 Å². The lowest BCUT2D eigenvalue weighted by atomic mass is 9.98. The van der Waals surface area contributed by atoms with Crippen LogP contribution in [0.15, 0.2) is 24.3 Å². The second-order valence-electron chi connectivity index (χ2n) is 12.1. The maximum atomic E-state index is 14.1. The van der Waals surface area contributed by atoms with Crippen LogP contribution in [0.2, 0.25) is 0 Å². The molecule has 0 aliphatic heterocycles. The van der Waals surface area contributed by atoms with Crippen LogP contribution in [0.5, 0.6) is 0 Å². The average Bonchev–Trinajstić information content (AvgIpc) is 2.82. The van der Waals surface area contributed by atoms with Gasteiger partial charge in [0.05, 0.1) is 6.42 Å². The number of nitrogens with two attached hydrogens (primary N) is 1. The zero-order valence-electron chi connectivity index (χ0n) is 25.3. The highest BCUT2D eigenvalue weighted by molar-refractivity contribution is 5.94. The molecule has 0 spiro atoms. The van der Waals surface area contributed by atoms with Crippen LogP contribution in [0.25, 0.3) is 0 Å². The number of hydrogen-bond donors (Lipinski definition) is 3. The van der Waals surface area contributed by atoms with Crippen LogP contribution in [-0.4, -0.2) is 52.4 Å². The number of benzene rings is 1. The summed E-state index contributed by atoms with van der Waals surface area (Å²) in [6.07, 6.45) is 10.0. The Labute approximate surface area is 240 Å². The Morgan fingerprint density at radius 3 is 2.05 bits per heavy atom. The van der Waals surface area contributed by atoms with Gasteiger partial charge in [-0.2, -0.15) is 0 Å². The molecule has 4 N–H and O–H groups in total. The molecule has 0 heterocycles. The summed E-state index contributed by atoms with van der Waals surface area (Å²) in [4.78, 5) is 53.8. The number of rotatable bonds is 14. The van der Waals surface area contributed by atoms with E-state index in [2.05, 4.69) is 23.5 Å². The molecule has 1 aromatic carbocycles. The molecule has 0 fully saturated rings. The quantitative estimate of drug-likeness (QED) is 0.228. The minimum Gasteiger partial charge on any atom is -0.444 e. The van der Waals surface area contributed by atoms with Crippen molar-refractivity contribution in [3.63, 3.8) is 0 Å². The summed E-state index contributed by atoms with van der Waals surface area (Å²) in [6, 6.07) is 4.49. The Morgan fingerprint density at radius 1 is 0.975 bits per heavy atom. The van der Waals surface area contributed by atoms with Crippen LogP contribution in [0.4, 0.5) is 4.79 Å². The van der Waals surface area contributed by atoms with E-state index >= 15 is 0 Å². The Bertz CT molecular complexity index is 1030. The van der Waals surface area contributed by atoms with Gasteiger partial charge in [-0.25, -0.2) is 4.79 Å². The van der Waals surface area contributed by atoms with Gasteiger partial charge in [-0.15, -0.1) is 6.42 Å². The minimum absolute atomic E-state index is 0.231. The van der Waals surface area contributed by atoms with Gasteiger partial charge in [-0.05, 0) is 65.7 Å². The van der Waals surface area contributed by atoms with Crippen LogP contribution in [0.1, 0.15) is 111 Å². The lowest BCUT2D eigenvalue weighted by molar-refractivity contribution is -0.144. The number of hydrogen-bond acceptors (Lipinski definition) is 5. The molecule has 0 radical (unpaired) electrons. The van der Waals surface area contributed by atoms with Gasteiger partial charge < -0.3 is 26.0 Å². The summed E-state index contributed by atoms with van der Waals surface area (Å²) in [5.41, 5.74) is 5.24. The summed E-state index contributed by atoms with van der Waals surface area (Å²) < 4.78 is 5.33. The predicted molar refractivity (Wildman–Crippen MR) is 157 cm³/mol. The van der Waals surface area contributed by atoms with Gasteiger partial charge in [0.1, 0.15) is 17.7 Å². The smallest absolute Gasteiger partial charge is 0.408 e. The first-order valence-corrected chi connectivity index (χ1v) is 14.0. The number of alkyl carbamates (subject to hydrolysis) is 1. The van der Waals surface area contributed by atoms with Gasteiger partial charge in [0.2, 0.25) is 17.7 Å². The van der Waals surface area contributed by atoms with Crippen molar-refractivity contribution in [3.05, 3.63) is 35.4 Å². The fourth-order valence-corrected chi connectivity index (χ4v) is 4.15. The van der Waals surface area contributed by atoms with Crippen LogP contribution in [0.3, 0.4) is 0 Å². The molecule has 40 heavy (non-hydrogen) atoms. The third kappa shape index (κ3) is 13.0. The molecule has 2 unspecified atom stereocenters. The van der Waals surface area contributed by atoms with E-state index in [1.165, 1.54) is 4.90 Å². The van der Waals surface area contributed by atoms with Gasteiger partial charge in [0.15, 0.2) is 0 Å². The largest absolute Gasteiger partial charge is 0.444 e. The lowest BCUT2D eigenvalue weighted by Gasteiger charge is -2.36. The Hall–Kier alpha value is -3.54. The van der Waals surface area contributed by atoms with E-state index in [0.29, 0.717) is 17.5 Å². The molecule has 0 aliphatic carbocycles. The molecule has 4 amide bonds. The highest BCUT2D eigenvalue weighted by Crippen LogP contribution is 2.25. The third-order valence-corrected chi connectivity index (χ3v) is 5.88. The highest BCUT2D eigenvalue weighted by Gasteiger charge is 2.37. The molecule has 222 valence electrons. The van der Waals surface area contributed by atoms with Crippen molar-refractivity contribution in [2.45, 2.75) is 117 Å². The number of unbranched alkanes of at least 4 members (excludes halogenated alkanes) is 5. The van der Waals surface area contributed by atoms with E-state index in [0.717, 1.165) is 32.1 Å². The molecule has 0 saturated carbocycles. The molecular formula is C31H48N4O5. The predicted octanol–water partition coefficient (Wildman–Crippen LogP) is 4.58. The standard InChI is InChI=1S/C31H48N4O5/c1-9-11-12-13-14-15-20-35(28(38)24(21-25(32)36)33-29(39)40-31(6,7)8)26(27(37)34-30(3,4)5)23-18-16-22(10-2)17-19-23/h2,16-19,24,26H,9,11-15,20-21H2,1,3-8H3,(H2,32,36)(H,33,39)(H,34,37). The van der Waals surface area contributed by atoms with Crippen LogP contribution in [-0.2, 0) is 19.1 Å². The minimum atomic E-state index is -1.32. The number of amides is 4. The molecule has 9 nitrogen and oxygen atoms in total. The second-order valence-corrected chi connectivity index (χ2v) is 12.1. The molecule has 0 saturated heterocycles. The van der Waals surface area contributed by atoms with E-state index in [1.807, 2.05) is 20.8 Å². The van der Waals surface area contributed by atoms with Gasteiger partial charge in [-0.1, -0.05) is 57.1 Å². The van der Waals surface area contributed by atoms with E-state index < -0.39 is 53.5 Å². The Balaban J connectivity index is 3.52. The normalized spacial score (nSPS) is 12.9. The number of carbonyl (C=O) groups is 4. The maximum absolute atomic E-state index is 14.1. The summed E-state index contributed by atoms with van der Waals surface area (Å²) in [6.45, 7) is 13.0. The van der Waals surface area contributed by atoms with E-state index in [-0.39, 0.29) is 6.54 Å². The molecule has 0 bridgehead atoms. The molecule has 0 aromatic heterocycles. The summed E-state index contributed by atoms with van der Waals surface area (Å²) in [7, 11) is 0. The van der Waals surface area contributed by atoms with Crippen LogP contribution >= 0.6 is 0 Å². The van der Waals surface area contributed by atoms with E-state index in [1.54, 1.807) is 45.0 Å². The summed E-state index contributed by atoms with van der Waals surface area (Å²) >= 11 is 0. The fraction of sp³-hybridized carbons (Fsp3) is 0.613. The summed E-state index contributed by atoms with van der Waals surface area (Å²) in [5, 5.41) is 5.48. The SMILES string of the molecule is C#Cc1ccc(C(C(=O)NC(C)(C)C)N(CCCCCCCC)C(=O)C(CC(N)=O)NC(=O)OC(C)(C)C)cc1. The van der Waals surface area contributed by atoms with Crippen molar-refractivity contribution >= 4 is 23.8 Å². The highest BCUT2D eigenvalue weighted by atomic mass is 16.6. The van der Waals surface area contributed by atoms with Crippen molar-refractivity contribution < 1.29 is 23.9 Å².